The van der Waals surface area contributed by atoms with Crippen molar-refractivity contribution in [1.82, 2.24) is 5.32 Å². The quantitative estimate of drug-likeness (QED) is 0.820. The van der Waals surface area contributed by atoms with Crippen molar-refractivity contribution < 1.29 is 9.59 Å². The summed E-state index contributed by atoms with van der Waals surface area (Å²) in [5.41, 5.74) is 1.88. The Kier molecular flexibility index (Phi) is 3.23. The third-order valence-electron chi connectivity index (χ3n) is 4.22. The largest absolute Gasteiger partial charge is 0.371 e. The molecule has 2 atom stereocenters. The normalized spacial score (nSPS) is 26.5. The molecule has 0 spiro atoms. The summed E-state index contributed by atoms with van der Waals surface area (Å²) in [6, 6.07) is 8.08. The van der Waals surface area contributed by atoms with Crippen molar-refractivity contribution in [3.8, 4) is 0 Å². The lowest BCUT2D eigenvalue weighted by atomic mass is 9.85. The molecule has 2 aliphatic rings. The van der Waals surface area contributed by atoms with Crippen molar-refractivity contribution in [1.29, 1.82) is 0 Å². The van der Waals surface area contributed by atoms with Gasteiger partial charge in [0.1, 0.15) is 6.29 Å². The zero-order chi connectivity index (χ0) is 13.2. The molecular formula is C15H18N2O2. The van der Waals surface area contributed by atoms with Crippen molar-refractivity contribution in [2.24, 2.45) is 5.92 Å². The van der Waals surface area contributed by atoms with Crippen molar-refractivity contribution >= 4 is 17.9 Å². The first kappa shape index (κ1) is 12.2. The van der Waals surface area contributed by atoms with Gasteiger partial charge in [0.15, 0.2) is 0 Å². The second kappa shape index (κ2) is 5.03. The summed E-state index contributed by atoms with van der Waals surface area (Å²) in [6.45, 7) is 1.95. The number of nitrogens with zero attached hydrogens (tertiary/aromatic N) is 1. The Bertz CT molecular complexity index is 483. The fraction of sp³-hybridized carbons (Fsp3) is 0.467. The molecule has 19 heavy (non-hydrogen) atoms. The van der Waals surface area contributed by atoms with Crippen LogP contribution in [-0.2, 0) is 4.79 Å². The maximum atomic E-state index is 11.4. The predicted octanol–water partition coefficient (Wildman–Crippen LogP) is 1.60. The van der Waals surface area contributed by atoms with Crippen molar-refractivity contribution in [3.05, 3.63) is 29.8 Å². The molecule has 3 rings (SSSR count). The predicted molar refractivity (Wildman–Crippen MR) is 73.3 cm³/mol. The molecule has 0 aliphatic carbocycles. The number of hydrogen-bond donors (Lipinski definition) is 1. The summed E-state index contributed by atoms with van der Waals surface area (Å²) in [7, 11) is 0. The van der Waals surface area contributed by atoms with E-state index in [1.54, 1.807) is 0 Å². The summed E-state index contributed by atoms with van der Waals surface area (Å²) in [6.07, 6.45) is 3.51. The Hall–Kier alpha value is -1.84. The van der Waals surface area contributed by atoms with Gasteiger partial charge in [-0.25, -0.2) is 0 Å². The summed E-state index contributed by atoms with van der Waals surface area (Å²) in [5.74, 6) is 0.752. The number of amides is 1. The zero-order valence-electron chi connectivity index (χ0n) is 10.8. The Balaban J connectivity index is 1.70. The number of fused-ring (bicyclic) bond motifs is 1. The Labute approximate surface area is 112 Å². The Morgan fingerprint density at radius 2 is 2.00 bits per heavy atom. The molecule has 1 aromatic rings. The van der Waals surface area contributed by atoms with Crippen molar-refractivity contribution in [3.63, 3.8) is 0 Å². The second-order valence-corrected chi connectivity index (χ2v) is 5.42. The van der Waals surface area contributed by atoms with E-state index in [0.29, 0.717) is 23.9 Å². The lowest BCUT2D eigenvalue weighted by molar-refractivity contribution is -0.124. The molecule has 2 heterocycles. The molecule has 4 heteroatoms. The minimum Gasteiger partial charge on any atom is -0.371 e. The van der Waals surface area contributed by atoms with Crippen LogP contribution in [0.2, 0.25) is 0 Å². The van der Waals surface area contributed by atoms with Crippen LogP contribution in [-0.4, -0.2) is 31.3 Å². The van der Waals surface area contributed by atoms with Crippen LogP contribution in [0.1, 0.15) is 29.6 Å². The summed E-state index contributed by atoms with van der Waals surface area (Å²) < 4.78 is 0. The number of nitrogens with one attached hydrogen (secondary N) is 1. The van der Waals surface area contributed by atoms with Crippen LogP contribution in [0.3, 0.4) is 0 Å². The van der Waals surface area contributed by atoms with Crippen LogP contribution in [0.25, 0.3) is 0 Å². The monoisotopic (exact) mass is 258 g/mol. The molecule has 2 aliphatic heterocycles. The van der Waals surface area contributed by atoms with Crippen LogP contribution >= 0.6 is 0 Å². The first-order chi connectivity index (χ1) is 9.26. The van der Waals surface area contributed by atoms with Gasteiger partial charge >= 0.3 is 0 Å². The average molecular weight is 258 g/mol. The standard InChI is InChI=1S/C15H18N2O2/c18-10-11-1-4-13(5-2-11)17-8-7-14-12(9-17)3-6-15(19)16-14/h1-2,4-5,10,12,14H,3,6-9H2,(H,16,19). The smallest absolute Gasteiger partial charge is 0.220 e. The number of aldehydes is 1. The summed E-state index contributed by atoms with van der Waals surface area (Å²) in [4.78, 5) is 24.4. The maximum absolute atomic E-state index is 11.4. The van der Waals surface area contributed by atoms with Gasteiger partial charge in [0.25, 0.3) is 0 Å². The number of anilines is 1. The highest BCUT2D eigenvalue weighted by molar-refractivity contribution is 5.77. The minimum absolute atomic E-state index is 0.199. The van der Waals surface area contributed by atoms with Gasteiger partial charge in [-0.05, 0) is 43.0 Å². The van der Waals surface area contributed by atoms with E-state index in [0.717, 1.165) is 32.2 Å². The Morgan fingerprint density at radius 1 is 1.21 bits per heavy atom. The van der Waals surface area contributed by atoms with Crippen LogP contribution in [0.4, 0.5) is 5.69 Å². The number of hydrogen-bond acceptors (Lipinski definition) is 3. The van der Waals surface area contributed by atoms with E-state index in [4.69, 9.17) is 0 Å². The number of carbonyl (C=O) groups excluding carboxylic acids is 2. The molecule has 4 nitrogen and oxygen atoms in total. The van der Waals surface area contributed by atoms with E-state index < -0.39 is 0 Å². The van der Waals surface area contributed by atoms with E-state index in [9.17, 15) is 9.59 Å². The highest BCUT2D eigenvalue weighted by Gasteiger charge is 2.33. The van der Waals surface area contributed by atoms with Gasteiger partial charge in [0.05, 0.1) is 0 Å². The van der Waals surface area contributed by atoms with Crippen LogP contribution in [0, 0.1) is 5.92 Å². The number of rotatable bonds is 2. The van der Waals surface area contributed by atoms with Gasteiger partial charge in [0.2, 0.25) is 5.91 Å². The molecule has 1 aromatic carbocycles. The topological polar surface area (TPSA) is 49.4 Å². The van der Waals surface area contributed by atoms with Crippen molar-refractivity contribution in [2.75, 3.05) is 18.0 Å². The summed E-state index contributed by atoms with van der Waals surface area (Å²) in [5, 5.41) is 3.10. The minimum atomic E-state index is 0.199. The molecule has 1 amide bonds. The third-order valence-corrected chi connectivity index (χ3v) is 4.22. The third kappa shape index (κ3) is 2.48. The fourth-order valence-corrected chi connectivity index (χ4v) is 3.11. The van der Waals surface area contributed by atoms with E-state index in [-0.39, 0.29) is 5.91 Å². The molecule has 0 aromatic heterocycles. The first-order valence-electron chi connectivity index (χ1n) is 6.86. The summed E-state index contributed by atoms with van der Waals surface area (Å²) >= 11 is 0. The Morgan fingerprint density at radius 3 is 2.74 bits per heavy atom. The molecule has 2 saturated heterocycles. The maximum Gasteiger partial charge on any atom is 0.220 e. The molecule has 0 bridgehead atoms. The fourth-order valence-electron chi connectivity index (χ4n) is 3.11. The highest BCUT2D eigenvalue weighted by atomic mass is 16.1. The zero-order valence-corrected chi connectivity index (χ0v) is 10.8. The second-order valence-electron chi connectivity index (χ2n) is 5.42. The lowest BCUT2D eigenvalue weighted by Gasteiger charge is -2.42. The van der Waals surface area contributed by atoms with Gasteiger partial charge in [-0.2, -0.15) is 0 Å². The first-order valence-corrected chi connectivity index (χ1v) is 6.86. The number of piperidine rings is 2. The van der Waals surface area contributed by atoms with Gasteiger partial charge in [0, 0.05) is 36.8 Å². The molecule has 2 fully saturated rings. The van der Waals surface area contributed by atoms with Crippen LogP contribution in [0.5, 0.6) is 0 Å². The lowest BCUT2D eigenvalue weighted by Crippen LogP contribution is -2.54. The molecule has 0 radical (unpaired) electrons. The molecule has 1 N–H and O–H groups in total. The van der Waals surface area contributed by atoms with E-state index >= 15 is 0 Å². The van der Waals surface area contributed by atoms with Crippen molar-refractivity contribution in [2.45, 2.75) is 25.3 Å². The van der Waals surface area contributed by atoms with E-state index in [1.165, 1.54) is 5.69 Å². The van der Waals surface area contributed by atoms with Crippen LogP contribution < -0.4 is 10.2 Å². The van der Waals surface area contributed by atoms with E-state index in [2.05, 4.69) is 10.2 Å². The van der Waals surface area contributed by atoms with Gasteiger partial charge in [-0.3, -0.25) is 9.59 Å². The van der Waals surface area contributed by atoms with Gasteiger partial charge < -0.3 is 10.2 Å². The number of benzene rings is 1. The highest BCUT2D eigenvalue weighted by Crippen LogP contribution is 2.28. The van der Waals surface area contributed by atoms with E-state index in [1.807, 2.05) is 24.3 Å². The average Bonchev–Trinajstić information content (AvgIpc) is 2.47. The van der Waals surface area contributed by atoms with Crippen LogP contribution in [0.15, 0.2) is 24.3 Å². The molecule has 0 saturated carbocycles. The number of carbonyl (C=O) groups is 2. The molecular weight excluding hydrogens is 240 g/mol. The van der Waals surface area contributed by atoms with Gasteiger partial charge in [-0.1, -0.05) is 0 Å². The molecule has 2 unspecified atom stereocenters. The molecule has 100 valence electrons. The van der Waals surface area contributed by atoms with Gasteiger partial charge in [-0.15, -0.1) is 0 Å². The SMILES string of the molecule is O=Cc1ccc(N2CCC3NC(=O)CCC3C2)cc1.